The summed E-state index contributed by atoms with van der Waals surface area (Å²) in [6, 6.07) is 7.34. The highest BCUT2D eigenvalue weighted by molar-refractivity contribution is 7.89. The van der Waals surface area contributed by atoms with Crippen molar-refractivity contribution in [3.8, 4) is 0 Å². The first-order chi connectivity index (χ1) is 12.0. The van der Waals surface area contributed by atoms with Gasteiger partial charge in [-0.25, -0.2) is 13.4 Å². The minimum atomic E-state index is -3.39. The Hall–Kier alpha value is -1.28. The van der Waals surface area contributed by atoms with Crippen molar-refractivity contribution in [3.05, 3.63) is 45.9 Å². The third-order valence-corrected chi connectivity index (χ3v) is 7.22. The molecule has 1 aliphatic rings. The van der Waals surface area contributed by atoms with Crippen molar-refractivity contribution in [3.63, 3.8) is 0 Å². The molecule has 0 bridgehead atoms. The summed E-state index contributed by atoms with van der Waals surface area (Å²) in [4.78, 5) is 7.16. The van der Waals surface area contributed by atoms with E-state index in [9.17, 15) is 8.42 Å². The quantitative estimate of drug-likeness (QED) is 0.774. The van der Waals surface area contributed by atoms with E-state index in [1.54, 1.807) is 27.8 Å². The van der Waals surface area contributed by atoms with E-state index >= 15 is 0 Å². The van der Waals surface area contributed by atoms with Crippen LogP contribution in [0.25, 0.3) is 0 Å². The van der Waals surface area contributed by atoms with Crippen LogP contribution in [0.5, 0.6) is 0 Å². The minimum Gasteiger partial charge on any atom is -0.295 e. The van der Waals surface area contributed by atoms with Crippen molar-refractivity contribution >= 4 is 21.4 Å². The number of rotatable bonds is 6. The molecule has 0 unspecified atom stereocenters. The molecule has 0 amide bonds. The van der Waals surface area contributed by atoms with Gasteiger partial charge in [-0.05, 0) is 31.0 Å². The lowest BCUT2D eigenvalue weighted by Gasteiger charge is -2.33. The summed E-state index contributed by atoms with van der Waals surface area (Å²) in [6.45, 7) is 7.46. The molecule has 0 aliphatic carbocycles. The molecule has 5 nitrogen and oxygen atoms in total. The van der Waals surface area contributed by atoms with Gasteiger partial charge in [0.05, 0.1) is 15.6 Å². The number of hydrogen-bond acceptors (Lipinski definition) is 5. The molecular formula is C18H25N3O2S2. The Bertz CT molecular complexity index is 792. The maximum atomic E-state index is 12.8. The van der Waals surface area contributed by atoms with E-state index in [2.05, 4.69) is 22.2 Å². The van der Waals surface area contributed by atoms with Crippen molar-refractivity contribution in [1.82, 2.24) is 14.2 Å². The number of aromatic nitrogens is 1. The molecule has 1 fully saturated rings. The van der Waals surface area contributed by atoms with Gasteiger partial charge in [-0.2, -0.15) is 4.31 Å². The molecule has 0 spiro atoms. The standard InChI is InChI=1S/C18H25N3O2S2/c1-3-4-16-5-7-18(8-6-16)25(22,23)21-11-9-20(10-12-21)13-17-14-24-15(2)19-17/h5-8,14H,3-4,9-13H2,1-2H3. The number of thiazole rings is 1. The smallest absolute Gasteiger partial charge is 0.243 e. The summed E-state index contributed by atoms with van der Waals surface area (Å²) in [5.74, 6) is 0. The fourth-order valence-electron chi connectivity index (χ4n) is 3.10. The van der Waals surface area contributed by atoms with Gasteiger partial charge in [0.1, 0.15) is 0 Å². The molecule has 0 saturated carbocycles. The average molecular weight is 380 g/mol. The van der Waals surface area contributed by atoms with Crippen LogP contribution in [-0.2, 0) is 23.0 Å². The van der Waals surface area contributed by atoms with E-state index in [0.29, 0.717) is 18.0 Å². The van der Waals surface area contributed by atoms with Crippen LogP contribution in [0.1, 0.15) is 29.6 Å². The molecule has 0 radical (unpaired) electrons. The Morgan fingerprint density at radius 1 is 1.12 bits per heavy atom. The van der Waals surface area contributed by atoms with E-state index in [4.69, 9.17) is 0 Å². The van der Waals surface area contributed by atoms with Gasteiger partial charge in [-0.15, -0.1) is 11.3 Å². The molecule has 2 aromatic rings. The predicted molar refractivity (Wildman–Crippen MR) is 101 cm³/mol. The van der Waals surface area contributed by atoms with Crippen LogP contribution >= 0.6 is 11.3 Å². The van der Waals surface area contributed by atoms with E-state index in [1.807, 2.05) is 19.1 Å². The molecule has 1 aliphatic heterocycles. The molecule has 1 aromatic carbocycles. The monoisotopic (exact) mass is 379 g/mol. The third kappa shape index (κ3) is 4.47. The average Bonchev–Trinajstić information content (AvgIpc) is 3.01. The fraction of sp³-hybridized carbons (Fsp3) is 0.500. The molecule has 1 aromatic heterocycles. The lowest BCUT2D eigenvalue weighted by Crippen LogP contribution is -2.48. The number of aryl methyl sites for hydroxylation is 2. The van der Waals surface area contributed by atoms with Gasteiger partial charge < -0.3 is 0 Å². The second kappa shape index (κ2) is 7.95. The normalized spacial score (nSPS) is 17.0. The molecule has 1 saturated heterocycles. The van der Waals surface area contributed by atoms with Crippen molar-refractivity contribution in [2.75, 3.05) is 26.2 Å². The van der Waals surface area contributed by atoms with Crippen molar-refractivity contribution in [2.45, 2.75) is 38.1 Å². The molecule has 0 atom stereocenters. The second-order valence-corrected chi connectivity index (χ2v) is 9.43. The molecule has 3 rings (SSSR count). The van der Waals surface area contributed by atoms with E-state index < -0.39 is 10.0 Å². The lowest BCUT2D eigenvalue weighted by atomic mass is 10.1. The number of piperazine rings is 1. The van der Waals surface area contributed by atoms with Crippen molar-refractivity contribution in [1.29, 1.82) is 0 Å². The maximum absolute atomic E-state index is 12.8. The molecule has 136 valence electrons. The zero-order chi connectivity index (χ0) is 17.9. The van der Waals surface area contributed by atoms with Crippen LogP contribution in [0.3, 0.4) is 0 Å². The molecule has 7 heteroatoms. The first kappa shape index (κ1) is 18.5. The van der Waals surface area contributed by atoms with Crippen molar-refractivity contribution < 1.29 is 8.42 Å². The van der Waals surface area contributed by atoms with Gasteiger partial charge in [0.2, 0.25) is 10.0 Å². The van der Waals surface area contributed by atoms with Crippen LogP contribution in [0.2, 0.25) is 0 Å². The van der Waals surface area contributed by atoms with Crippen LogP contribution in [0.15, 0.2) is 34.5 Å². The van der Waals surface area contributed by atoms with Gasteiger partial charge >= 0.3 is 0 Å². The fourth-order valence-corrected chi connectivity index (χ4v) is 5.13. The van der Waals surface area contributed by atoms with E-state index in [0.717, 1.165) is 43.2 Å². The summed E-state index contributed by atoms with van der Waals surface area (Å²) in [5, 5.41) is 3.15. The minimum absolute atomic E-state index is 0.399. The third-order valence-electron chi connectivity index (χ3n) is 4.48. The first-order valence-electron chi connectivity index (χ1n) is 8.71. The number of nitrogens with zero attached hydrogens (tertiary/aromatic N) is 3. The van der Waals surface area contributed by atoms with Crippen LogP contribution in [0, 0.1) is 6.92 Å². The van der Waals surface area contributed by atoms with Gasteiger partial charge in [0.25, 0.3) is 0 Å². The largest absolute Gasteiger partial charge is 0.295 e. The highest BCUT2D eigenvalue weighted by Gasteiger charge is 2.28. The molecular weight excluding hydrogens is 354 g/mol. The second-order valence-electron chi connectivity index (χ2n) is 6.43. The molecule has 0 N–H and O–H groups in total. The Morgan fingerprint density at radius 2 is 1.80 bits per heavy atom. The molecule has 2 heterocycles. The first-order valence-corrected chi connectivity index (χ1v) is 11.0. The Balaban J connectivity index is 1.60. The number of sulfonamides is 1. The number of benzene rings is 1. The topological polar surface area (TPSA) is 53.5 Å². The summed E-state index contributed by atoms with van der Waals surface area (Å²) < 4.78 is 27.2. The summed E-state index contributed by atoms with van der Waals surface area (Å²) in [5.41, 5.74) is 2.26. The van der Waals surface area contributed by atoms with E-state index in [1.165, 1.54) is 5.56 Å². The van der Waals surface area contributed by atoms with Crippen molar-refractivity contribution in [2.24, 2.45) is 0 Å². The SMILES string of the molecule is CCCc1ccc(S(=O)(=O)N2CCN(Cc3csc(C)n3)CC2)cc1. The zero-order valence-corrected chi connectivity index (χ0v) is 16.4. The van der Waals surface area contributed by atoms with Crippen LogP contribution < -0.4 is 0 Å². The van der Waals surface area contributed by atoms with Crippen LogP contribution in [-0.4, -0.2) is 48.8 Å². The van der Waals surface area contributed by atoms with Gasteiger partial charge in [-0.1, -0.05) is 25.5 Å². The Kier molecular flexibility index (Phi) is 5.89. The highest BCUT2D eigenvalue weighted by Crippen LogP contribution is 2.20. The van der Waals surface area contributed by atoms with E-state index in [-0.39, 0.29) is 0 Å². The summed E-state index contributed by atoms with van der Waals surface area (Å²) in [6.07, 6.45) is 2.04. The van der Waals surface area contributed by atoms with Crippen LogP contribution in [0.4, 0.5) is 0 Å². The summed E-state index contributed by atoms with van der Waals surface area (Å²) in [7, 11) is -3.39. The zero-order valence-electron chi connectivity index (χ0n) is 14.8. The van der Waals surface area contributed by atoms with Gasteiger partial charge in [-0.3, -0.25) is 4.90 Å². The Labute approximate surface area is 154 Å². The molecule has 25 heavy (non-hydrogen) atoms. The maximum Gasteiger partial charge on any atom is 0.243 e. The van der Waals surface area contributed by atoms with Gasteiger partial charge in [0, 0.05) is 38.1 Å². The Morgan fingerprint density at radius 3 is 2.36 bits per heavy atom. The van der Waals surface area contributed by atoms with Gasteiger partial charge in [0.15, 0.2) is 0 Å². The highest BCUT2D eigenvalue weighted by atomic mass is 32.2. The lowest BCUT2D eigenvalue weighted by molar-refractivity contribution is 0.180. The number of hydrogen-bond donors (Lipinski definition) is 0. The summed E-state index contributed by atoms with van der Waals surface area (Å²) >= 11 is 1.66. The predicted octanol–water partition coefficient (Wildman–Crippen LogP) is 2.91.